The zero-order valence-corrected chi connectivity index (χ0v) is 21.8. The average Bonchev–Trinajstić information content (AvgIpc) is 3.66. The van der Waals surface area contributed by atoms with Gasteiger partial charge in [-0.3, -0.25) is 29.8 Å². The summed E-state index contributed by atoms with van der Waals surface area (Å²) in [6.07, 6.45) is 2.19. The third-order valence-corrected chi connectivity index (χ3v) is 5.51. The average molecular weight is 576 g/mol. The number of nitrogens with one attached hydrogen (secondary N) is 2. The van der Waals surface area contributed by atoms with E-state index in [2.05, 4.69) is 10.2 Å². The molecule has 0 spiro atoms. The lowest BCUT2D eigenvalue weighted by Gasteiger charge is -2.03. The van der Waals surface area contributed by atoms with E-state index in [9.17, 15) is 29.8 Å². The van der Waals surface area contributed by atoms with Gasteiger partial charge in [0.2, 0.25) is 0 Å². The van der Waals surface area contributed by atoms with Crippen LogP contribution in [0.25, 0.3) is 22.6 Å². The van der Waals surface area contributed by atoms with E-state index < -0.39 is 21.7 Å². The number of nitro benzene ring substituents is 2. The number of carbonyl (C=O) groups is 2. The van der Waals surface area contributed by atoms with Gasteiger partial charge in [-0.05, 0) is 48.5 Å². The first-order valence-corrected chi connectivity index (χ1v) is 11.7. The van der Waals surface area contributed by atoms with Gasteiger partial charge < -0.3 is 18.3 Å². The second-order valence-corrected chi connectivity index (χ2v) is 8.08. The number of benzene rings is 2. The SMILES string of the molecule is COc1ccc(-c2ccc(C=NNC(=O)C(=O)N/N=C/c3ccc(-c4ccc(OC)cc4[N+](=O)[O-])o3)o2)c([N+](=O)[O-])c1. The maximum Gasteiger partial charge on any atom is 0.331 e. The summed E-state index contributed by atoms with van der Waals surface area (Å²) < 4.78 is 21.1. The van der Waals surface area contributed by atoms with E-state index in [-0.39, 0.29) is 45.5 Å². The molecule has 0 unspecified atom stereocenters. The van der Waals surface area contributed by atoms with Gasteiger partial charge in [0.1, 0.15) is 34.5 Å². The molecule has 16 heteroatoms. The first-order chi connectivity index (χ1) is 20.2. The summed E-state index contributed by atoms with van der Waals surface area (Å²) in [5.74, 6) is -1.08. The minimum Gasteiger partial charge on any atom is -0.497 e. The molecule has 0 aliphatic rings. The van der Waals surface area contributed by atoms with Gasteiger partial charge in [0.05, 0.1) is 59.8 Å². The lowest BCUT2D eigenvalue weighted by atomic mass is 10.1. The van der Waals surface area contributed by atoms with Gasteiger partial charge in [0, 0.05) is 0 Å². The summed E-state index contributed by atoms with van der Waals surface area (Å²) in [5, 5.41) is 30.1. The highest BCUT2D eigenvalue weighted by molar-refractivity contribution is 6.35. The second-order valence-electron chi connectivity index (χ2n) is 8.08. The van der Waals surface area contributed by atoms with Crippen LogP contribution in [0.5, 0.6) is 11.5 Å². The molecular formula is C26H20N6O10. The van der Waals surface area contributed by atoms with Crippen LogP contribution in [-0.4, -0.2) is 48.3 Å². The molecule has 2 N–H and O–H groups in total. The first-order valence-electron chi connectivity index (χ1n) is 11.7. The molecule has 0 saturated carbocycles. The van der Waals surface area contributed by atoms with E-state index in [1.54, 1.807) is 0 Å². The summed E-state index contributed by atoms with van der Waals surface area (Å²) in [5.41, 5.74) is 3.92. The van der Waals surface area contributed by atoms with Crippen molar-refractivity contribution in [2.75, 3.05) is 14.2 Å². The zero-order chi connectivity index (χ0) is 30.2. The van der Waals surface area contributed by atoms with Crippen LogP contribution in [0.15, 0.2) is 79.7 Å². The van der Waals surface area contributed by atoms with Crippen molar-refractivity contribution in [3.8, 4) is 34.1 Å². The van der Waals surface area contributed by atoms with Crippen LogP contribution in [0.4, 0.5) is 11.4 Å². The molecular weight excluding hydrogens is 556 g/mol. The van der Waals surface area contributed by atoms with Gasteiger partial charge in [-0.2, -0.15) is 10.2 Å². The Balaban J connectivity index is 1.33. The molecule has 4 aromatic rings. The van der Waals surface area contributed by atoms with Gasteiger partial charge in [-0.25, -0.2) is 10.9 Å². The Labute approximate surface area is 235 Å². The number of hydrogen-bond donors (Lipinski definition) is 2. The molecule has 0 bridgehead atoms. The summed E-state index contributed by atoms with van der Waals surface area (Å²) in [6, 6.07) is 14.4. The van der Waals surface area contributed by atoms with Crippen molar-refractivity contribution >= 4 is 35.6 Å². The predicted octanol–water partition coefficient (Wildman–Crippen LogP) is 3.64. The Hall–Kier alpha value is -6.32. The number of furan rings is 2. The van der Waals surface area contributed by atoms with Gasteiger partial charge in [0.15, 0.2) is 0 Å². The maximum atomic E-state index is 12.0. The van der Waals surface area contributed by atoms with Crippen molar-refractivity contribution in [2.45, 2.75) is 0 Å². The summed E-state index contributed by atoms with van der Waals surface area (Å²) in [6.45, 7) is 0. The van der Waals surface area contributed by atoms with Crippen LogP contribution in [0.3, 0.4) is 0 Å². The molecule has 214 valence electrons. The summed E-state index contributed by atoms with van der Waals surface area (Å²) >= 11 is 0. The van der Waals surface area contributed by atoms with Gasteiger partial charge in [-0.1, -0.05) is 0 Å². The number of nitro groups is 2. The Morgan fingerprint density at radius 3 is 1.48 bits per heavy atom. The standard InChI is InChI=1S/C26H20N6O10/c1-39-15-3-7-19(21(11-15)31(35)36)23-9-5-17(41-23)13-27-29-25(33)26(34)30-28-14-18-6-10-24(42-18)20-8-4-16(40-2)12-22(20)32(37)38/h3-14H,1-2H3,(H,29,33)(H,30,34)/b27-13+,28-14?. The van der Waals surface area contributed by atoms with Crippen molar-refractivity contribution in [3.63, 3.8) is 0 Å². The third-order valence-electron chi connectivity index (χ3n) is 5.51. The fraction of sp³-hybridized carbons (Fsp3) is 0.0769. The molecule has 0 saturated heterocycles. The van der Waals surface area contributed by atoms with Crippen molar-refractivity contribution < 1.29 is 37.7 Å². The minimum absolute atomic E-state index is 0.138. The van der Waals surface area contributed by atoms with Crippen molar-refractivity contribution in [3.05, 3.63) is 92.4 Å². The van der Waals surface area contributed by atoms with Crippen LogP contribution in [0.1, 0.15) is 11.5 Å². The van der Waals surface area contributed by atoms with E-state index in [1.807, 2.05) is 10.9 Å². The van der Waals surface area contributed by atoms with Crippen LogP contribution >= 0.6 is 0 Å². The predicted molar refractivity (Wildman–Crippen MR) is 146 cm³/mol. The Kier molecular flexibility index (Phi) is 8.67. The third kappa shape index (κ3) is 6.63. The number of carbonyl (C=O) groups excluding carboxylic acids is 2. The van der Waals surface area contributed by atoms with E-state index in [0.717, 1.165) is 12.4 Å². The van der Waals surface area contributed by atoms with Gasteiger partial charge in [0.25, 0.3) is 11.4 Å². The lowest BCUT2D eigenvalue weighted by Crippen LogP contribution is -2.35. The van der Waals surface area contributed by atoms with Crippen molar-refractivity contribution in [1.82, 2.24) is 10.9 Å². The van der Waals surface area contributed by atoms with Gasteiger partial charge in [-0.15, -0.1) is 0 Å². The highest BCUT2D eigenvalue weighted by Gasteiger charge is 2.20. The molecule has 0 atom stereocenters. The number of ether oxygens (including phenoxy) is 2. The molecule has 2 amide bonds. The first kappa shape index (κ1) is 28.7. The number of hydrogen-bond acceptors (Lipinski definition) is 12. The van der Waals surface area contributed by atoms with Crippen LogP contribution in [-0.2, 0) is 9.59 Å². The molecule has 16 nitrogen and oxygen atoms in total. The Morgan fingerprint density at radius 1 is 0.714 bits per heavy atom. The lowest BCUT2D eigenvalue weighted by molar-refractivity contribution is -0.384. The highest BCUT2D eigenvalue weighted by Crippen LogP contribution is 2.35. The monoisotopic (exact) mass is 576 g/mol. The quantitative estimate of drug-likeness (QED) is 0.121. The van der Waals surface area contributed by atoms with Crippen LogP contribution in [0.2, 0.25) is 0 Å². The van der Waals surface area contributed by atoms with E-state index in [0.29, 0.717) is 11.5 Å². The molecule has 42 heavy (non-hydrogen) atoms. The maximum absolute atomic E-state index is 12.0. The van der Waals surface area contributed by atoms with Gasteiger partial charge >= 0.3 is 11.8 Å². The smallest absolute Gasteiger partial charge is 0.331 e. The fourth-order valence-corrected chi connectivity index (χ4v) is 3.54. The van der Waals surface area contributed by atoms with E-state index in [4.69, 9.17) is 18.3 Å². The number of methoxy groups -OCH3 is 2. The Morgan fingerprint density at radius 2 is 1.12 bits per heavy atom. The van der Waals surface area contributed by atoms with Crippen molar-refractivity contribution in [2.24, 2.45) is 10.2 Å². The van der Waals surface area contributed by atoms with Crippen molar-refractivity contribution in [1.29, 1.82) is 0 Å². The number of nitrogens with zero attached hydrogens (tertiary/aromatic N) is 4. The number of hydrazone groups is 2. The largest absolute Gasteiger partial charge is 0.497 e. The Bertz CT molecular complexity index is 1600. The number of rotatable bonds is 10. The molecule has 2 heterocycles. The summed E-state index contributed by atoms with van der Waals surface area (Å²) in [4.78, 5) is 45.7. The van der Waals surface area contributed by atoms with Crippen LogP contribution < -0.4 is 20.3 Å². The minimum atomic E-state index is -1.16. The van der Waals surface area contributed by atoms with E-state index in [1.165, 1.54) is 74.9 Å². The molecule has 0 radical (unpaired) electrons. The fourth-order valence-electron chi connectivity index (χ4n) is 3.54. The number of amides is 2. The summed E-state index contributed by atoms with van der Waals surface area (Å²) in [7, 11) is 2.77. The molecule has 0 fully saturated rings. The second kappa shape index (κ2) is 12.7. The normalized spacial score (nSPS) is 11.0. The highest BCUT2D eigenvalue weighted by atomic mass is 16.6. The topological polar surface area (TPSA) is 214 Å². The molecule has 2 aromatic carbocycles. The zero-order valence-electron chi connectivity index (χ0n) is 21.8. The van der Waals surface area contributed by atoms with E-state index >= 15 is 0 Å². The molecule has 2 aromatic heterocycles. The van der Waals surface area contributed by atoms with Crippen LogP contribution in [0, 0.1) is 20.2 Å². The molecule has 4 rings (SSSR count). The molecule has 0 aliphatic carbocycles. The molecule has 0 aliphatic heterocycles.